The molecule has 0 aliphatic carbocycles. The number of para-hydroxylation sites is 1. The van der Waals surface area contributed by atoms with Gasteiger partial charge in [0.05, 0.1) is 6.20 Å². The van der Waals surface area contributed by atoms with Crippen LogP contribution in [0.2, 0.25) is 0 Å². The highest BCUT2D eigenvalue weighted by Crippen LogP contribution is 2.32. The molecule has 4 aromatic rings. The van der Waals surface area contributed by atoms with Gasteiger partial charge in [0.1, 0.15) is 11.5 Å². The molecule has 0 aliphatic heterocycles. The molecule has 2 aromatic carbocycles. The summed E-state index contributed by atoms with van der Waals surface area (Å²) in [6.45, 7) is 2.10. The van der Waals surface area contributed by atoms with E-state index in [4.69, 9.17) is 4.98 Å². The van der Waals surface area contributed by atoms with Gasteiger partial charge in [-0.15, -0.1) is 0 Å². The maximum Gasteiger partial charge on any atom is 0.157 e. The lowest BCUT2D eigenvalue weighted by Gasteiger charge is -2.13. The van der Waals surface area contributed by atoms with E-state index in [2.05, 4.69) is 58.5 Å². The molecular formula is C21H21N5. The van der Waals surface area contributed by atoms with Gasteiger partial charge < -0.3 is 10.2 Å². The van der Waals surface area contributed by atoms with Gasteiger partial charge in [-0.3, -0.25) is 9.38 Å². The third kappa shape index (κ3) is 2.88. The molecule has 2 aromatic heterocycles. The number of nitrogens with one attached hydrogen (secondary N) is 1. The second-order valence-electron chi connectivity index (χ2n) is 6.49. The van der Waals surface area contributed by atoms with Gasteiger partial charge in [-0.25, -0.2) is 4.98 Å². The highest BCUT2D eigenvalue weighted by atomic mass is 15.1. The molecule has 5 heteroatoms. The minimum Gasteiger partial charge on any atom is -0.378 e. The van der Waals surface area contributed by atoms with Gasteiger partial charge in [0, 0.05) is 43.4 Å². The number of aryl methyl sites for hydroxylation is 1. The monoisotopic (exact) mass is 343 g/mol. The van der Waals surface area contributed by atoms with Crippen molar-refractivity contribution in [2.75, 3.05) is 24.3 Å². The SMILES string of the molecule is Cc1ccccc1Nc1c(-c2ccc(N(C)C)cc2)nc2cnccn12. The van der Waals surface area contributed by atoms with E-state index >= 15 is 0 Å². The van der Waals surface area contributed by atoms with E-state index in [-0.39, 0.29) is 0 Å². The highest BCUT2D eigenvalue weighted by Gasteiger charge is 2.15. The molecule has 0 radical (unpaired) electrons. The Morgan fingerprint density at radius 3 is 2.50 bits per heavy atom. The van der Waals surface area contributed by atoms with Crippen molar-refractivity contribution in [3.63, 3.8) is 0 Å². The van der Waals surface area contributed by atoms with Crippen molar-refractivity contribution in [3.05, 3.63) is 72.7 Å². The molecule has 0 atom stereocenters. The van der Waals surface area contributed by atoms with Crippen LogP contribution in [0.25, 0.3) is 16.9 Å². The highest BCUT2D eigenvalue weighted by molar-refractivity contribution is 5.80. The van der Waals surface area contributed by atoms with E-state index in [1.54, 1.807) is 12.4 Å². The van der Waals surface area contributed by atoms with Crippen molar-refractivity contribution in [1.82, 2.24) is 14.4 Å². The van der Waals surface area contributed by atoms with Crippen LogP contribution in [0.3, 0.4) is 0 Å². The number of rotatable bonds is 4. The molecule has 0 fully saturated rings. The first-order valence-corrected chi connectivity index (χ1v) is 8.56. The fourth-order valence-electron chi connectivity index (χ4n) is 2.99. The quantitative estimate of drug-likeness (QED) is 0.592. The summed E-state index contributed by atoms with van der Waals surface area (Å²) < 4.78 is 2.04. The van der Waals surface area contributed by atoms with Crippen molar-refractivity contribution in [2.45, 2.75) is 6.92 Å². The number of anilines is 3. The molecule has 0 spiro atoms. The molecule has 0 unspecified atom stereocenters. The Labute approximate surface area is 153 Å². The standard InChI is InChI=1S/C21H21N5/c1-15-6-4-5-7-18(15)23-21-20(24-19-14-22-12-13-26(19)21)16-8-10-17(11-9-16)25(2)3/h4-14,23H,1-3H3. The Kier molecular flexibility index (Phi) is 4.05. The zero-order valence-electron chi connectivity index (χ0n) is 15.1. The minimum absolute atomic E-state index is 0.815. The van der Waals surface area contributed by atoms with Crippen molar-refractivity contribution < 1.29 is 0 Å². The topological polar surface area (TPSA) is 45.5 Å². The van der Waals surface area contributed by atoms with E-state index in [1.165, 1.54) is 5.56 Å². The number of aromatic nitrogens is 3. The molecule has 1 N–H and O–H groups in total. The minimum atomic E-state index is 0.815. The largest absolute Gasteiger partial charge is 0.378 e. The van der Waals surface area contributed by atoms with Crippen molar-refractivity contribution in [2.24, 2.45) is 0 Å². The molecule has 0 bridgehead atoms. The summed E-state index contributed by atoms with van der Waals surface area (Å²) in [5.41, 5.74) is 6.20. The molecule has 0 saturated heterocycles. The van der Waals surface area contributed by atoms with Crippen LogP contribution in [0, 0.1) is 6.92 Å². The number of imidazole rings is 1. The Balaban J connectivity index is 1.85. The van der Waals surface area contributed by atoms with Gasteiger partial charge in [0.15, 0.2) is 5.65 Å². The first-order chi connectivity index (χ1) is 12.6. The van der Waals surface area contributed by atoms with Crippen LogP contribution in [0.5, 0.6) is 0 Å². The molecule has 4 rings (SSSR count). The second kappa shape index (κ2) is 6.52. The Morgan fingerprint density at radius 1 is 1.00 bits per heavy atom. The van der Waals surface area contributed by atoms with E-state index in [1.807, 2.05) is 36.8 Å². The van der Waals surface area contributed by atoms with E-state index in [0.717, 1.165) is 34.1 Å². The molecule has 0 saturated carbocycles. The third-order valence-electron chi connectivity index (χ3n) is 4.49. The van der Waals surface area contributed by atoms with Crippen LogP contribution in [0.15, 0.2) is 67.1 Å². The van der Waals surface area contributed by atoms with Crippen molar-refractivity contribution in [1.29, 1.82) is 0 Å². The summed E-state index contributed by atoms with van der Waals surface area (Å²) in [7, 11) is 4.08. The summed E-state index contributed by atoms with van der Waals surface area (Å²) >= 11 is 0. The van der Waals surface area contributed by atoms with Crippen molar-refractivity contribution in [3.8, 4) is 11.3 Å². The zero-order valence-corrected chi connectivity index (χ0v) is 15.1. The number of hydrogen-bond donors (Lipinski definition) is 1. The van der Waals surface area contributed by atoms with Gasteiger partial charge in [-0.05, 0) is 30.7 Å². The Morgan fingerprint density at radius 2 is 1.77 bits per heavy atom. The average Bonchev–Trinajstić information content (AvgIpc) is 3.02. The fourth-order valence-corrected chi connectivity index (χ4v) is 2.99. The number of hydrogen-bond acceptors (Lipinski definition) is 4. The van der Waals surface area contributed by atoms with Gasteiger partial charge in [-0.2, -0.15) is 0 Å². The number of benzene rings is 2. The normalized spacial score (nSPS) is 10.9. The first kappa shape index (κ1) is 16.1. The lowest BCUT2D eigenvalue weighted by molar-refractivity contribution is 1.13. The lowest BCUT2D eigenvalue weighted by atomic mass is 10.1. The molecular weight excluding hydrogens is 322 g/mol. The van der Waals surface area contributed by atoms with E-state index in [0.29, 0.717) is 0 Å². The zero-order chi connectivity index (χ0) is 18.1. The Bertz CT molecular complexity index is 1050. The average molecular weight is 343 g/mol. The lowest BCUT2D eigenvalue weighted by Crippen LogP contribution is -2.08. The van der Waals surface area contributed by atoms with E-state index < -0.39 is 0 Å². The van der Waals surface area contributed by atoms with Crippen LogP contribution in [0.1, 0.15) is 5.56 Å². The fraction of sp³-hybridized carbons (Fsp3) is 0.143. The Hall–Kier alpha value is -3.34. The van der Waals surface area contributed by atoms with Crippen LogP contribution in [0.4, 0.5) is 17.2 Å². The molecule has 5 nitrogen and oxygen atoms in total. The summed E-state index contributed by atoms with van der Waals surface area (Å²) in [6, 6.07) is 16.7. The summed E-state index contributed by atoms with van der Waals surface area (Å²) in [5.74, 6) is 0.939. The van der Waals surface area contributed by atoms with E-state index in [9.17, 15) is 0 Å². The van der Waals surface area contributed by atoms with Crippen LogP contribution in [-0.4, -0.2) is 28.5 Å². The molecule has 0 amide bonds. The predicted octanol–water partition coefficient (Wildman–Crippen LogP) is 4.51. The molecule has 2 heterocycles. The second-order valence-corrected chi connectivity index (χ2v) is 6.49. The third-order valence-corrected chi connectivity index (χ3v) is 4.49. The number of nitrogens with zero attached hydrogens (tertiary/aromatic N) is 4. The van der Waals surface area contributed by atoms with Crippen LogP contribution in [-0.2, 0) is 0 Å². The van der Waals surface area contributed by atoms with Crippen molar-refractivity contribution >= 4 is 22.8 Å². The number of fused-ring (bicyclic) bond motifs is 1. The van der Waals surface area contributed by atoms with Crippen LogP contribution < -0.4 is 10.2 Å². The predicted molar refractivity (Wildman–Crippen MR) is 107 cm³/mol. The van der Waals surface area contributed by atoms with Gasteiger partial charge in [0.25, 0.3) is 0 Å². The smallest absolute Gasteiger partial charge is 0.157 e. The van der Waals surface area contributed by atoms with Gasteiger partial charge in [-0.1, -0.05) is 30.3 Å². The summed E-state index contributed by atoms with van der Waals surface area (Å²) in [4.78, 5) is 11.1. The molecule has 0 aliphatic rings. The molecule has 130 valence electrons. The van der Waals surface area contributed by atoms with Crippen LogP contribution >= 0.6 is 0 Å². The maximum atomic E-state index is 4.81. The van der Waals surface area contributed by atoms with Gasteiger partial charge in [0.2, 0.25) is 0 Å². The summed E-state index contributed by atoms with van der Waals surface area (Å²) in [5, 5.41) is 3.56. The van der Waals surface area contributed by atoms with Gasteiger partial charge >= 0.3 is 0 Å². The first-order valence-electron chi connectivity index (χ1n) is 8.56. The molecule has 26 heavy (non-hydrogen) atoms. The summed E-state index contributed by atoms with van der Waals surface area (Å²) in [6.07, 6.45) is 5.48. The maximum absolute atomic E-state index is 4.81.